The standard InChI is InChI=1S/C19H19N3O2S2/c1-13-15(20-18(24-13)17-8-4-11-26-17)12-25-10-5-9-22-16-7-3-2-6-14(16)21-19(22)23/h2-4,6-8,11H,5,9-10,12H2,1H3,(H,21,23). The molecule has 5 nitrogen and oxygen atoms in total. The van der Waals surface area contributed by atoms with Gasteiger partial charge in [0.1, 0.15) is 5.76 Å². The van der Waals surface area contributed by atoms with Crippen LogP contribution in [0.25, 0.3) is 21.8 Å². The Hall–Kier alpha value is -2.25. The molecule has 0 aliphatic rings. The number of aromatic amines is 1. The Bertz CT molecular complexity index is 1060. The van der Waals surface area contributed by atoms with Crippen LogP contribution >= 0.6 is 23.1 Å². The maximum atomic E-state index is 12.1. The first-order chi connectivity index (χ1) is 12.7. The number of thiophene rings is 1. The fraction of sp³-hybridized carbons (Fsp3) is 0.263. The second-order valence-corrected chi connectivity index (χ2v) is 8.06. The summed E-state index contributed by atoms with van der Waals surface area (Å²) in [6, 6.07) is 11.8. The number of benzene rings is 1. The van der Waals surface area contributed by atoms with E-state index in [0.717, 1.165) is 45.3 Å². The van der Waals surface area contributed by atoms with Gasteiger partial charge in [-0.3, -0.25) is 4.57 Å². The van der Waals surface area contributed by atoms with Crippen molar-refractivity contribution < 1.29 is 4.42 Å². The molecule has 0 fully saturated rings. The number of oxazole rings is 1. The molecule has 0 spiro atoms. The van der Waals surface area contributed by atoms with Crippen LogP contribution < -0.4 is 5.69 Å². The lowest BCUT2D eigenvalue weighted by Crippen LogP contribution is -2.17. The number of aryl methyl sites for hydroxylation is 2. The van der Waals surface area contributed by atoms with Crippen molar-refractivity contribution in [1.82, 2.24) is 14.5 Å². The summed E-state index contributed by atoms with van der Waals surface area (Å²) in [7, 11) is 0. The first-order valence-corrected chi connectivity index (χ1v) is 10.5. The highest BCUT2D eigenvalue weighted by atomic mass is 32.2. The molecule has 0 amide bonds. The maximum Gasteiger partial charge on any atom is 0.326 e. The SMILES string of the molecule is Cc1oc(-c2cccs2)nc1CSCCCn1c(=O)[nH]c2ccccc21. The molecule has 0 radical (unpaired) electrons. The van der Waals surface area contributed by atoms with Gasteiger partial charge in [-0.1, -0.05) is 18.2 Å². The number of nitrogens with zero attached hydrogens (tertiary/aromatic N) is 2. The Kier molecular flexibility index (Phi) is 4.99. The van der Waals surface area contributed by atoms with Crippen molar-refractivity contribution in [3.05, 3.63) is 63.7 Å². The predicted molar refractivity (Wildman–Crippen MR) is 108 cm³/mol. The van der Waals surface area contributed by atoms with E-state index in [1.54, 1.807) is 11.3 Å². The number of imidazole rings is 1. The molecule has 3 aromatic heterocycles. The number of aromatic nitrogens is 3. The molecular weight excluding hydrogens is 366 g/mol. The number of hydrogen-bond acceptors (Lipinski definition) is 5. The normalized spacial score (nSPS) is 11.4. The van der Waals surface area contributed by atoms with Crippen molar-refractivity contribution in [3.63, 3.8) is 0 Å². The lowest BCUT2D eigenvalue weighted by Gasteiger charge is -2.03. The van der Waals surface area contributed by atoms with Crippen LogP contribution in [-0.4, -0.2) is 20.3 Å². The van der Waals surface area contributed by atoms with Gasteiger partial charge in [-0.15, -0.1) is 11.3 Å². The molecule has 3 heterocycles. The molecule has 7 heteroatoms. The van der Waals surface area contributed by atoms with Crippen LogP contribution in [0.4, 0.5) is 0 Å². The third-order valence-corrected chi connectivity index (χ3v) is 6.13. The summed E-state index contributed by atoms with van der Waals surface area (Å²) in [6.07, 6.45) is 0.932. The third-order valence-electron chi connectivity index (χ3n) is 4.22. The summed E-state index contributed by atoms with van der Waals surface area (Å²) in [6.45, 7) is 2.68. The van der Waals surface area contributed by atoms with E-state index in [9.17, 15) is 4.79 Å². The van der Waals surface area contributed by atoms with Crippen molar-refractivity contribution in [1.29, 1.82) is 0 Å². The van der Waals surface area contributed by atoms with Crippen LogP contribution in [0, 0.1) is 6.92 Å². The van der Waals surface area contributed by atoms with E-state index in [0.29, 0.717) is 12.4 Å². The summed E-state index contributed by atoms with van der Waals surface area (Å²) in [5, 5.41) is 2.02. The third kappa shape index (κ3) is 3.50. The van der Waals surface area contributed by atoms with E-state index in [2.05, 4.69) is 9.97 Å². The topological polar surface area (TPSA) is 63.8 Å². The number of thioether (sulfide) groups is 1. The average molecular weight is 386 g/mol. The van der Waals surface area contributed by atoms with Gasteiger partial charge in [0.2, 0.25) is 5.89 Å². The molecular formula is C19H19N3O2S2. The van der Waals surface area contributed by atoms with E-state index >= 15 is 0 Å². The van der Waals surface area contributed by atoms with Crippen molar-refractivity contribution in [2.45, 2.75) is 25.6 Å². The highest BCUT2D eigenvalue weighted by molar-refractivity contribution is 7.98. The van der Waals surface area contributed by atoms with Gasteiger partial charge in [-0.05, 0) is 42.7 Å². The van der Waals surface area contributed by atoms with Gasteiger partial charge < -0.3 is 9.40 Å². The first kappa shape index (κ1) is 17.2. The number of nitrogens with one attached hydrogen (secondary N) is 1. The Morgan fingerprint density at radius 3 is 3.00 bits per heavy atom. The lowest BCUT2D eigenvalue weighted by atomic mass is 10.3. The zero-order chi connectivity index (χ0) is 17.9. The smallest absolute Gasteiger partial charge is 0.326 e. The molecule has 4 rings (SSSR count). The van der Waals surface area contributed by atoms with Gasteiger partial charge in [0, 0.05) is 12.3 Å². The summed E-state index contributed by atoms with van der Waals surface area (Å²) in [4.78, 5) is 20.6. The van der Waals surface area contributed by atoms with Crippen molar-refractivity contribution in [2.75, 3.05) is 5.75 Å². The zero-order valence-corrected chi connectivity index (χ0v) is 16.0. The van der Waals surface area contributed by atoms with Crippen LogP contribution in [0.1, 0.15) is 17.9 Å². The molecule has 26 heavy (non-hydrogen) atoms. The van der Waals surface area contributed by atoms with Gasteiger partial charge in [-0.25, -0.2) is 9.78 Å². The number of rotatable bonds is 7. The molecule has 0 unspecified atom stereocenters. The summed E-state index contributed by atoms with van der Waals surface area (Å²) >= 11 is 3.45. The Balaban J connectivity index is 1.32. The zero-order valence-electron chi connectivity index (χ0n) is 14.4. The van der Waals surface area contributed by atoms with Crippen LogP contribution in [0.5, 0.6) is 0 Å². The predicted octanol–water partition coefficient (Wildman–Crippen LogP) is 4.68. The van der Waals surface area contributed by atoms with E-state index in [4.69, 9.17) is 4.42 Å². The molecule has 0 saturated carbocycles. The molecule has 134 valence electrons. The van der Waals surface area contributed by atoms with Gasteiger partial charge in [0.05, 0.1) is 21.6 Å². The summed E-state index contributed by atoms with van der Waals surface area (Å²) < 4.78 is 7.59. The minimum atomic E-state index is -0.0378. The van der Waals surface area contributed by atoms with Gasteiger partial charge >= 0.3 is 5.69 Å². The lowest BCUT2D eigenvalue weighted by molar-refractivity contribution is 0.542. The number of fused-ring (bicyclic) bond motifs is 1. The van der Waals surface area contributed by atoms with Gasteiger partial charge in [0.25, 0.3) is 0 Å². The van der Waals surface area contributed by atoms with E-state index in [1.807, 2.05) is 65.0 Å². The molecule has 0 aliphatic carbocycles. The molecule has 0 saturated heterocycles. The highest BCUT2D eigenvalue weighted by Gasteiger charge is 2.12. The quantitative estimate of drug-likeness (QED) is 0.469. The largest absolute Gasteiger partial charge is 0.440 e. The van der Waals surface area contributed by atoms with Crippen LogP contribution in [-0.2, 0) is 12.3 Å². The minimum Gasteiger partial charge on any atom is -0.440 e. The Morgan fingerprint density at radius 1 is 1.27 bits per heavy atom. The number of hydrogen-bond donors (Lipinski definition) is 1. The van der Waals surface area contributed by atoms with Crippen LogP contribution in [0.2, 0.25) is 0 Å². The fourth-order valence-corrected chi connectivity index (χ4v) is 4.48. The summed E-state index contributed by atoms with van der Waals surface area (Å²) in [5.41, 5.74) is 2.83. The second-order valence-electron chi connectivity index (χ2n) is 6.00. The van der Waals surface area contributed by atoms with Crippen molar-refractivity contribution >= 4 is 34.1 Å². The van der Waals surface area contributed by atoms with E-state index in [-0.39, 0.29) is 5.69 Å². The fourth-order valence-electron chi connectivity index (χ4n) is 2.89. The minimum absolute atomic E-state index is 0.0378. The van der Waals surface area contributed by atoms with Crippen molar-refractivity contribution in [3.8, 4) is 10.8 Å². The molecule has 4 aromatic rings. The average Bonchev–Trinajstić information content (AvgIpc) is 3.34. The highest BCUT2D eigenvalue weighted by Crippen LogP contribution is 2.27. The Morgan fingerprint density at radius 2 is 2.15 bits per heavy atom. The molecule has 1 aromatic carbocycles. The molecule has 0 aliphatic heterocycles. The van der Waals surface area contributed by atoms with Crippen LogP contribution in [0.3, 0.4) is 0 Å². The molecule has 0 atom stereocenters. The van der Waals surface area contributed by atoms with E-state index < -0.39 is 0 Å². The van der Waals surface area contributed by atoms with Crippen molar-refractivity contribution in [2.24, 2.45) is 0 Å². The van der Waals surface area contributed by atoms with Crippen LogP contribution in [0.15, 0.2) is 51.0 Å². The number of para-hydroxylation sites is 2. The number of H-pyrrole nitrogens is 1. The monoisotopic (exact) mass is 385 g/mol. The molecule has 0 bridgehead atoms. The second kappa shape index (κ2) is 7.55. The van der Waals surface area contributed by atoms with Gasteiger partial charge in [0.15, 0.2) is 0 Å². The van der Waals surface area contributed by atoms with Gasteiger partial charge in [-0.2, -0.15) is 11.8 Å². The summed E-state index contributed by atoms with van der Waals surface area (Å²) in [5.74, 6) is 3.38. The Labute approximate surface area is 159 Å². The maximum absolute atomic E-state index is 12.1. The van der Waals surface area contributed by atoms with E-state index in [1.165, 1.54) is 0 Å². The molecule has 1 N–H and O–H groups in total. The first-order valence-electron chi connectivity index (χ1n) is 8.48.